The Morgan fingerprint density at radius 3 is 2.65 bits per heavy atom. The maximum atomic E-state index is 12.2. The molecule has 0 aliphatic carbocycles. The number of nitrogens with one attached hydrogen (secondary N) is 1. The second kappa shape index (κ2) is 7.46. The molecule has 1 amide bonds. The molecule has 120 valence electrons. The fraction of sp³-hybridized carbons (Fsp3) is 0.353. The number of carbonyl (C=O) groups excluding carboxylic acids is 1. The summed E-state index contributed by atoms with van der Waals surface area (Å²) in [6.07, 6.45) is 6.19. The monoisotopic (exact) mass is 328 g/mol. The molecule has 0 bridgehead atoms. The van der Waals surface area contributed by atoms with Gasteiger partial charge < -0.3 is 10.2 Å². The van der Waals surface area contributed by atoms with Gasteiger partial charge in [0.15, 0.2) is 0 Å². The first-order chi connectivity index (χ1) is 11.3. The highest BCUT2D eigenvalue weighted by Gasteiger charge is 2.14. The highest BCUT2D eigenvalue weighted by atomic mass is 32.2. The molecule has 0 radical (unpaired) electrons. The molecule has 23 heavy (non-hydrogen) atoms. The molecule has 2 aromatic rings. The molecule has 0 unspecified atom stereocenters. The molecule has 0 atom stereocenters. The SMILES string of the molecule is CSc1ccc(C(=O)NCc2nccc(N3CCCC3)n2)cc1. The van der Waals surface area contributed by atoms with Crippen LogP contribution in [-0.2, 0) is 6.54 Å². The molecule has 0 saturated carbocycles. The summed E-state index contributed by atoms with van der Waals surface area (Å²) in [5, 5.41) is 2.88. The minimum Gasteiger partial charge on any atom is -0.357 e. The second-order valence-electron chi connectivity index (χ2n) is 5.44. The lowest BCUT2D eigenvalue weighted by molar-refractivity contribution is 0.0950. The van der Waals surface area contributed by atoms with Crippen LogP contribution in [0.2, 0.25) is 0 Å². The van der Waals surface area contributed by atoms with Crippen LogP contribution in [0.25, 0.3) is 0 Å². The highest BCUT2D eigenvalue weighted by molar-refractivity contribution is 7.98. The van der Waals surface area contributed by atoms with Crippen LogP contribution in [0.3, 0.4) is 0 Å². The highest BCUT2D eigenvalue weighted by Crippen LogP contribution is 2.17. The number of aromatic nitrogens is 2. The minimum absolute atomic E-state index is 0.104. The van der Waals surface area contributed by atoms with Crippen LogP contribution in [0, 0.1) is 0 Å². The standard InChI is InChI=1S/C17H20N4OS/c1-23-14-6-4-13(5-7-14)17(22)19-12-15-18-9-8-16(20-15)21-10-2-3-11-21/h4-9H,2-3,10-12H2,1H3,(H,19,22). The number of thioether (sulfide) groups is 1. The Morgan fingerprint density at radius 1 is 1.22 bits per heavy atom. The van der Waals surface area contributed by atoms with E-state index in [1.807, 2.05) is 36.6 Å². The molecule has 1 aliphatic heterocycles. The molecule has 2 heterocycles. The molecule has 1 saturated heterocycles. The largest absolute Gasteiger partial charge is 0.357 e. The van der Waals surface area contributed by atoms with Crippen molar-refractivity contribution >= 4 is 23.5 Å². The molecule has 3 rings (SSSR count). The Hall–Kier alpha value is -2.08. The lowest BCUT2D eigenvalue weighted by Gasteiger charge is -2.16. The number of anilines is 1. The van der Waals surface area contributed by atoms with Crippen LogP contribution < -0.4 is 10.2 Å². The van der Waals surface area contributed by atoms with Crippen molar-refractivity contribution in [2.75, 3.05) is 24.2 Å². The first-order valence-electron chi connectivity index (χ1n) is 7.75. The van der Waals surface area contributed by atoms with E-state index in [-0.39, 0.29) is 5.91 Å². The zero-order valence-corrected chi connectivity index (χ0v) is 14.0. The number of hydrogen-bond donors (Lipinski definition) is 1. The van der Waals surface area contributed by atoms with E-state index in [1.165, 1.54) is 12.8 Å². The third-order valence-corrected chi connectivity index (χ3v) is 4.62. The van der Waals surface area contributed by atoms with Crippen molar-refractivity contribution in [3.8, 4) is 0 Å². The van der Waals surface area contributed by atoms with E-state index < -0.39 is 0 Å². The number of benzene rings is 1. The van der Waals surface area contributed by atoms with E-state index in [9.17, 15) is 4.79 Å². The van der Waals surface area contributed by atoms with Gasteiger partial charge >= 0.3 is 0 Å². The van der Waals surface area contributed by atoms with E-state index in [2.05, 4.69) is 20.2 Å². The Balaban J connectivity index is 1.60. The fourth-order valence-electron chi connectivity index (χ4n) is 2.60. The van der Waals surface area contributed by atoms with Crippen molar-refractivity contribution in [2.24, 2.45) is 0 Å². The average molecular weight is 328 g/mol. The first kappa shape index (κ1) is 15.8. The number of carbonyl (C=O) groups is 1. The summed E-state index contributed by atoms with van der Waals surface area (Å²) in [5.74, 6) is 1.49. The Kier molecular flexibility index (Phi) is 5.12. The van der Waals surface area contributed by atoms with E-state index in [0.29, 0.717) is 17.9 Å². The summed E-state index contributed by atoms with van der Waals surface area (Å²) in [7, 11) is 0. The molecule has 0 spiro atoms. The molecule has 1 aromatic heterocycles. The van der Waals surface area contributed by atoms with Gasteiger partial charge in [0.1, 0.15) is 11.6 Å². The third kappa shape index (κ3) is 4.01. The predicted octanol–water partition coefficient (Wildman–Crippen LogP) is 2.73. The van der Waals surface area contributed by atoms with Gasteiger partial charge in [0.2, 0.25) is 0 Å². The summed E-state index contributed by atoms with van der Waals surface area (Å²) in [5.41, 5.74) is 0.651. The molecular formula is C17H20N4OS. The fourth-order valence-corrected chi connectivity index (χ4v) is 3.01. The lowest BCUT2D eigenvalue weighted by atomic mass is 10.2. The van der Waals surface area contributed by atoms with E-state index in [1.54, 1.807) is 18.0 Å². The molecule has 5 nitrogen and oxygen atoms in total. The smallest absolute Gasteiger partial charge is 0.251 e. The zero-order chi connectivity index (χ0) is 16.1. The molecule has 1 aromatic carbocycles. The van der Waals surface area contributed by atoms with Crippen LogP contribution >= 0.6 is 11.8 Å². The Morgan fingerprint density at radius 2 is 1.96 bits per heavy atom. The lowest BCUT2D eigenvalue weighted by Crippen LogP contribution is -2.25. The van der Waals surface area contributed by atoms with Gasteiger partial charge in [-0.3, -0.25) is 4.79 Å². The van der Waals surface area contributed by atoms with Gasteiger partial charge in [-0.1, -0.05) is 0 Å². The average Bonchev–Trinajstić information content (AvgIpc) is 3.15. The molecule has 1 N–H and O–H groups in total. The van der Waals surface area contributed by atoms with Crippen molar-refractivity contribution in [2.45, 2.75) is 24.3 Å². The van der Waals surface area contributed by atoms with Crippen LogP contribution in [-0.4, -0.2) is 35.2 Å². The van der Waals surface area contributed by atoms with Gasteiger partial charge in [-0.05, 0) is 49.4 Å². The quantitative estimate of drug-likeness (QED) is 0.855. The van der Waals surface area contributed by atoms with Gasteiger partial charge in [0.05, 0.1) is 6.54 Å². The van der Waals surface area contributed by atoms with Crippen LogP contribution in [0.1, 0.15) is 29.0 Å². The van der Waals surface area contributed by atoms with Crippen LogP contribution in [0.5, 0.6) is 0 Å². The second-order valence-corrected chi connectivity index (χ2v) is 6.32. The van der Waals surface area contributed by atoms with Gasteiger partial charge in [0, 0.05) is 29.7 Å². The predicted molar refractivity (Wildman–Crippen MR) is 92.9 cm³/mol. The van der Waals surface area contributed by atoms with E-state index in [4.69, 9.17) is 0 Å². The van der Waals surface area contributed by atoms with Gasteiger partial charge in [-0.15, -0.1) is 11.8 Å². The third-order valence-electron chi connectivity index (χ3n) is 3.88. The molecule has 6 heteroatoms. The molecule has 1 fully saturated rings. The Bertz CT molecular complexity index is 669. The summed E-state index contributed by atoms with van der Waals surface area (Å²) in [4.78, 5) is 24.4. The van der Waals surface area contributed by atoms with E-state index in [0.717, 1.165) is 23.8 Å². The van der Waals surface area contributed by atoms with Gasteiger partial charge in [0.25, 0.3) is 5.91 Å². The van der Waals surface area contributed by atoms with Crippen molar-refractivity contribution in [3.05, 3.63) is 47.9 Å². The topological polar surface area (TPSA) is 58.1 Å². The zero-order valence-electron chi connectivity index (χ0n) is 13.2. The number of amides is 1. The Labute approximate surface area is 140 Å². The van der Waals surface area contributed by atoms with Crippen molar-refractivity contribution in [1.29, 1.82) is 0 Å². The minimum atomic E-state index is -0.104. The summed E-state index contributed by atoms with van der Waals surface area (Å²) >= 11 is 1.66. The number of nitrogens with zero attached hydrogens (tertiary/aromatic N) is 3. The maximum absolute atomic E-state index is 12.2. The summed E-state index contributed by atoms with van der Waals surface area (Å²) in [6, 6.07) is 9.50. The van der Waals surface area contributed by atoms with Crippen molar-refractivity contribution in [3.63, 3.8) is 0 Å². The van der Waals surface area contributed by atoms with Crippen molar-refractivity contribution < 1.29 is 4.79 Å². The number of rotatable bonds is 5. The van der Waals surface area contributed by atoms with Gasteiger partial charge in [-0.25, -0.2) is 9.97 Å². The summed E-state index contributed by atoms with van der Waals surface area (Å²) < 4.78 is 0. The van der Waals surface area contributed by atoms with Crippen molar-refractivity contribution in [1.82, 2.24) is 15.3 Å². The maximum Gasteiger partial charge on any atom is 0.251 e. The molecular weight excluding hydrogens is 308 g/mol. The van der Waals surface area contributed by atoms with Crippen LogP contribution in [0.4, 0.5) is 5.82 Å². The molecule has 1 aliphatic rings. The summed E-state index contributed by atoms with van der Waals surface area (Å²) in [6.45, 7) is 2.43. The van der Waals surface area contributed by atoms with E-state index >= 15 is 0 Å². The normalized spacial score (nSPS) is 14.0. The van der Waals surface area contributed by atoms with Gasteiger partial charge in [-0.2, -0.15) is 0 Å². The van der Waals surface area contributed by atoms with Crippen LogP contribution in [0.15, 0.2) is 41.4 Å². The first-order valence-corrected chi connectivity index (χ1v) is 8.98. The number of hydrogen-bond acceptors (Lipinski definition) is 5.